The Hall–Kier alpha value is -5.72. The summed E-state index contributed by atoms with van der Waals surface area (Å²) in [5, 5.41) is 23.4. The molecule has 2 atom stereocenters. The molecule has 0 aliphatic rings. The Labute approximate surface area is 250 Å². The van der Waals surface area contributed by atoms with Crippen molar-refractivity contribution < 1.29 is 38.5 Å². The van der Waals surface area contributed by atoms with E-state index in [9.17, 15) is 29.1 Å². The van der Waals surface area contributed by atoms with E-state index in [1.807, 2.05) is 12.1 Å². The van der Waals surface area contributed by atoms with Crippen LogP contribution in [0.25, 0.3) is 10.9 Å². The van der Waals surface area contributed by atoms with Crippen molar-refractivity contribution in [3.8, 4) is 0 Å². The Morgan fingerprint density at radius 1 is 0.977 bits per heavy atom. The number of ether oxygens (including phenoxy) is 1. The molecule has 3 aromatic carbocycles. The molecule has 1 amide bonds. The number of nitrogen functional groups attached to an aromatic ring is 1. The number of aromatic nitrogens is 1. The molecule has 0 aliphatic heterocycles. The van der Waals surface area contributed by atoms with Gasteiger partial charge in [-0.25, -0.2) is 14.4 Å². The van der Waals surface area contributed by atoms with Crippen molar-refractivity contribution in [3.63, 3.8) is 0 Å². The molecule has 0 saturated heterocycles. The van der Waals surface area contributed by atoms with Gasteiger partial charge in [-0.1, -0.05) is 60.7 Å². The molecule has 4 aromatic rings. The highest BCUT2D eigenvalue weighted by Crippen LogP contribution is 2.27. The Morgan fingerprint density at radius 2 is 1.61 bits per heavy atom. The molecule has 0 bridgehead atoms. The summed E-state index contributed by atoms with van der Waals surface area (Å²) in [4.78, 5) is 66.4. The maximum Gasteiger partial charge on any atom is 0.408 e. The minimum atomic E-state index is -1.42. The van der Waals surface area contributed by atoms with E-state index in [2.05, 4.69) is 15.6 Å². The largest absolute Gasteiger partial charge is 0.481 e. The van der Waals surface area contributed by atoms with Crippen LogP contribution in [0.15, 0.2) is 75.9 Å². The van der Waals surface area contributed by atoms with E-state index < -0.39 is 54.0 Å². The van der Waals surface area contributed by atoms with Gasteiger partial charge in [-0.15, -0.1) is 0 Å². The maximum absolute atomic E-state index is 13.9. The zero-order chi connectivity index (χ0) is 31.8. The molecule has 1 unspecified atom stereocenters. The fraction of sp³-hybridized carbons (Fsp3) is 0.226. The monoisotopic (exact) mass is 602 g/mol. The number of hydrogen-bond acceptors (Lipinski definition) is 10. The number of aryl methyl sites for hydroxylation is 1. The van der Waals surface area contributed by atoms with E-state index in [0.29, 0.717) is 0 Å². The van der Waals surface area contributed by atoms with Crippen LogP contribution in [0.1, 0.15) is 39.9 Å². The van der Waals surface area contributed by atoms with Crippen LogP contribution < -0.4 is 22.0 Å². The lowest BCUT2D eigenvalue weighted by molar-refractivity contribution is -0.139. The molecule has 6 N–H and O–H groups in total. The molecule has 44 heavy (non-hydrogen) atoms. The van der Waals surface area contributed by atoms with Crippen LogP contribution >= 0.6 is 0 Å². The van der Waals surface area contributed by atoms with E-state index in [-0.39, 0.29) is 47.2 Å². The number of anilines is 2. The van der Waals surface area contributed by atoms with Gasteiger partial charge in [-0.2, -0.15) is 4.98 Å². The number of fused-ring (bicyclic) bond motifs is 1. The molecular formula is C31H30N4O9. The minimum Gasteiger partial charge on any atom is -0.481 e. The summed E-state index contributed by atoms with van der Waals surface area (Å²) in [5.74, 6) is -3.17. The summed E-state index contributed by atoms with van der Waals surface area (Å²) in [5.41, 5.74) is 7.04. The number of benzene rings is 3. The molecule has 13 heteroatoms. The molecule has 13 nitrogen and oxygen atoms in total. The summed E-state index contributed by atoms with van der Waals surface area (Å²) in [6, 6.07) is 16.2. The molecule has 0 spiro atoms. The number of rotatable bonds is 13. The molecule has 0 fully saturated rings. The molecular weight excluding hydrogens is 572 g/mol. The van der Waals surface area contributed by atoms with E-state index in [1.54, 1.807) is 48.5 Å². The summed E-state index contributed by atoms with van der Waals surface area (Å²) in [7, 11) is 0. The van der Waals surface area contributed by atoms with Gasteiger partial charge in [0.15, 0.2) is 5.78 Å². The summed E-state index contributed by atoms with van der Waals surface area (Å²) < 4.78 is 10.5. The van der Waals surface area contributed by atoms with Crippen molar-refractivity contribution in [3.05, 3.63) is 99.4 Å². The van der Waals surface area contributed by atoms with Crippen LogP contribution in [0.3, 0.4) is 0 Å². The Morgan fingerprint density at radius 3 is 2.23 bits per heavy atom. The summed E-state index contributed by atoms with van der Waals surface area (Å²) in [6.07, 6.45) is -1.51. The van der Waals surface area contributed by atoms with Crippen LogP contribution in [0.2, 0.25) is 0 Å². The smallest absolute Gasteiger partial charge is 0.408 e. The number of nitrogens with one attached hydrogen (secondary N) is 2. The van der Waals surface area contributed by atoms with Crippen molar-refractivity contribution in [2.75, 3.05) is 11.1 Å². The first-order chi connectivity index (χ1) is 21.0. The van der Waals surface area contributed by atoms with E-state index in [1.165, 1.54) is 13.0 Å². The lowest BCUT2D eigenvalue weighted by atomic mass is 9.94. The number of Topliss-reactive ketones (excluding diaryl/α,β-unsaturated/α-hetero) is 1. The number of carboxylic acid groups (broad SMARTS) is 2. The van der Waals surface area contributed by atoms with Gasteiger partial charge in [0, 0.05) is 24.1 Å². The van der Waals surface area contributed by atoms with E-state index in [0.717, 1.165) is 11.1 Å². The van der Waals surface area contributed by atoms with Gasteiger partial charge in [-0.05, 0) is 36.1 Å². The third-order valence-corrected chi connectivity index (χ3v) is 6.83. The SMILES string of the molecule is Cc1c(N)c(C(=O)[C@H](Cc2ccccc2)NC(=O)OCc2ccccc2)cc2nc(NC(CCC(=O)O)C(=O)O)oc(=O)c12. The number of nitrogens with zero attached hydrogens (tertiary/aromatic N) is 1. The van der Waals surface area contributed by atoms with E-state index in [4.69, 9.17) is 20.0 Å². The van der Waals surface area contributed by atoms with Gasteiger partial charge < -0.3 is 35.7 Å². The number of alkyl carbamates (subject to hydrolysis) is 1. The lowest BCUT2D eigenvalue weighted by Crippen LogP contribution is -2.43. The number of hydrogen-bond donors (Lipinski definition) is 5. The second-order valence-corrected chi connectivity index (χ2v) is 9.94. The topological polar surface area (TPSA) is 211 Å². The normalized spacial score (nSPS) is 12.2. The summed E-state index contributed by atoms with van der Waals surface area (Å²) >= 11 is 0. The molecule has 0 saturated carbocycles. The number of aliphatic carboxylic acids is 2. The van der Waals surface area contributed by atoms with Crippen LogP contribution in [-0.4, -0.2) is 51.1 Å². The third kappa shape index (κ3) is 7.76. The van der Waals surface area contributed by atoms with Gasteiger partial charge >= 0.3 is 23.7 Å². The van der Waals surface area contributed by atoms with Crippen molar-refractivity contribution >= 4 is 46.4 Å². The van der Waals surface area contributed by atoms with Gasteiger partial charge in [0.25, 0.3) is 6.01 Å². The van der Waals surface area contributed by atoms with Crippen LogP contribution in [0.5, 0.6) is 0 Å². The highest BCUT2D eigenvalue weighted by Gasteiger charge is 2.28. The first kappa shape index (κ1) is 31.2. The second-order valence-electron chi connectivity index (χ2n) is 9.94. The quantitative estimate of drug-likeness (QED) is 0.110. The number of carbonyl (C=O) groups excluding carboxylic acids is 2. The lowest BCUT2D eigenvalue weighted by Gasteiger charge is -2.20. The van der Waals surface area contributed by atoms with Crippen LogP contribution in [0, 0.1) is 6.92 Å². The zero-order valence-corrected chi connectivity index (χ0v) is 23.6. The molecule has 1 aromatic heterocycles. The Kier molecular flexibility index (Phi) is 9.91. The zero-order valence-electron chi connectivity index (χ0n) is 23.6. The number of ketones is 1. The molecule has 0 radical (unpaired) electrons. The van der Waals surface area contributed by atoms with E-state index >= 15 is 0 Å². The molecule has 0 aliphatic carbocycles. The molecule has 4 rings (SSSR count). The molecule has 228 valence electrons. The first-order valence-electron chi connectivity index (χ1n) is 13.5. The average Bonchev–Trinajstić information content (AvgIpc) is 3.00. The van der Waals surface area contributed by atoms with Gasteiger partial charge in [0.05, 0.1) is 16.9 Å². The predicted molar refractivity (Wildman–Crippen MR) is 159 cm³/mol. The minimum absolute atomic E-state index is 0.0184. The van der Waals surface area contributed by atoms with Crippen LogP contribution in [-0.2, 0) is 27.4 Å². The summed E-state index contributed by atoms with van der Waals surface area (Å²) in [6.45, 7) is 1.48. The Bertz CT molecular complexity index is 1740. The fourth-order valence-corrected chi connectivity index (χ4v) is 4.53. The predicted octanol–water partition coefficient (Wildman–Crippen LogP) is 3.53. The van der Waals surface area contributed by atoms with Crippen molar-refractivity contribution in [2.45, 2.75) is 44.9 Å². The number of carbonyl (C=O) groups is 4. The standard InChI is InChI=1S/C31H30N4O9/c1-17-25-22(34-30(44-29(25)41)33-21(28(39)40)12-13-24(36)37)15-20(26(17)32)27(38)23(14-18-8-4-2-5-9-18)35-31(42)43-16-19-10-6-3-7-11-19/h2-11,15,21,23H,12-14,16,32H2,1H3,(H,33,34)(H,35,42)(H,36,37)(H,39,40)/t21?,23-/m0/s1. The van der Waals surface area contributed by atoms with Gasteiger partial charge in [0.2, 0.25) is 0 Å². The first-order valence-corrected chi connectivity index (χ1v) is 13.5. The highest BCUT2D eigenvalue weighted by atomic mass is 16.5. The van der Waals surface area contributed by atoms with Crippen LogP contribution in [0.4, 0.5) is 16.5 Å². The van der Waals surface area contributed by atoms with Crippen molar-refractivity contribution in [2.24, 2.45) is 0 Å². The average molecular weight is 603 g/mol. The maximum atomic E-state index is 13.9. The highest BCUT2D eigenvalue weighted by molar-refractivity contribution is 6.09. The third-order valence-electron chi connectivity index (χ3n) is 6.83. The number of carboxylic acids is 2. The number of amides is 1. The van der Waals surface area contributed by atoms with Crippen molar-refractivity contribution in [1.29, 1.82) is 0 Å². The van der Waals surface area contributed by atoms with Crippen molar-refractivity contribution in [1.82, 2.24) is 10.3 Å². The number of nitrogens with two attached hydrogens (primary N) is 1. The fourth-order valence-electron chi connectivity index (χ4n) is 4.53. The van der Waals surface area contributed by atoms with Gasteiger partial charge in [-0.3, -0.25) is 9.59 Å². The van der Waals surface area contributed by atoms with Gasteiger partial charge in [0.1, 0.15) is 12.6 Å². The Balaban J connectivity index is 1.67. The second kappa shape index (κ2) is 14.0. The molecule has 1 heterocycles.